The van der Waals surface area contributed by atoms with Crippen molar-refractivity contribution in [1.29, 1.82) is 0 Å². The Morgan fingerprint density at radius 1 is 1.45 bits per heavy atom. The lowest BCUT2D eigenvalue weighted by molar-refractivity contribution is -0.128. The molecule has 2 rings (SSSR count). The number of amides is 2. The Labute approximate surface area is 119 Å². The first-order chi connectivity index (χ1) is 9.40. The molecule has 1 aliphatic heterocycles. The van der Waals surface area contributed by atoms with E-state index >= 15 is 0 Å². The Hall–Kier alpha value is -1.85. The molecule has 2 heterocycles. The Balaban J connectivity index is 2.08. The molecule has 110 valence electrons. The number of aryl methyl sites for hydroxylation is 1. The van der Waals surface area contributed by atoms with Gasteiger partial charge in [-0.15, -0.1) is 0 Å². The quantitative estimate of drug-likeness (QED) is 0.882. The summed E-state index contributed by atoms with van der Waals surface area (Å²) in [5.74, 6) is 0.780. The minimum atomic E-state index is -0.256. The van der Waals surface area contributed by atoms with E-state index in [9.17, 15) is 9.59 Å². The number of carbonyl (C=O) groups is 2. The van der Waals surface area contributed by atoms with Crippen LogP contribution in [-0.4, -0.2) is 39.9 Å². The molecule has 1 N–H and O–H groups in total. The number of hydrogen-bond donors (Lipinski definition) is 1. The highest BCUT2D eigenvalue weighted by Gasteiger charge is 2.34. The molecule has 1 aromatic heterocycles. The molecule has 1 saturated heterocycles. The van der Waals surface area contributed by atoms with Gasteiger partial charge in [0.25, 0.3) is 0 Å². The van der Waals surface area contributed by atoms with E-state index in [1.54, 1.807) is 18.1 Å². The zero-order valence-corrected chi connectivity index (χ0v) is 12.5. The fraction of sp³-hybridized carbons (Fsp3) is 0.643. The third kappa shape index (κ3) is 2.84. The van der Waals surface area contributed by atoms with Crippen LogP contribution in [0.2, 0.25) is 0 Å². The van der Waals surface area contributed by atoms with Gasteiger partial charge < -0.3 is 14.8 Å². The van der Waals surface area contributed by atoms with Crippen LogP contribution >= 0.6 is 0 Å². The largest absolute Gasteiger partial charge is 0.346 e. The summed E-state index contributed by atoms with van der Waals surface area (Å²) in [5.41, 5.74) is 0. The Kier molecular flexibility index (Phi) is 4.11. The SMILES string of the molecule is CC(C)C(NC(=O)C1CC(=O)N(C)C1)c1nccn1C. The zero-order chi connectivity index (χ0) is 14.9. The molecule has 2 atom stereocenters. The summed E-state index contributed by atoms with van der Waals surface area (Å²) in [6.45, 7) is 4.59. The van der Waals surface area contributed by atoms with Crippen LogP contribution in [0.15, 0.2) is 12.4 Å². The molecule has 6 heteroatoms. The van der Waals surface area contributed by atoms with Crippen molar-refractivity contribution >= 4 is 11.8 Å². The number of nitrogens with one attached hydrogen (secondary N) is 1. The molecule has 2 unspecified atom stereocenters. The van der Waals surface area contributed by atoms with Crippen molar-refractivity contribution in [2.75, 3.05) is 13.6 Å². The van der Waals surface area contributed by atoms with Crippen LogP contribution in [-0.2, 0) is 16.6 Å². The van der Waals surface area contributed by atoms with Crippen molar-refractivity contribution in [3.8, 4) is 0 Å². The number of nitrogens with zero attached hydrogens (tertiary/aromatic N) is 3. The highest BCUT2D eigenvalue weighted by atomic mass is 16.2. The van der Waals surface area contributed by atoms with E-state index in [-0.39, 0.29) is 29.7 Å². The van der Waals surface area contributed by atoms with Crippen molar-refractivity contribution in [2.24, 2.45) is 18.9 Å². The number of aromatic nitrogens is 2. The first-order valence-corrected chi connectivity index (χ1v) is 6.91. The van der Waals surface area contributed by atoms with Gasteiger partial charge in [0.2, 0.25) is 11.8 Å². The van der Waals surface area contributed by atoms with Gasteiger partial charge in [-0.1, -0.05) is 13.8 Å². The Bertz CT molecular complexity index is 509. The maximum atomic E-state index is 12.3. The van der Waals surface area contributed by atoms with E-state index in [1.165, 1.54) is 0 Å². The third-order valence-corrected chi connectivity index (χ3v) is 3.81. The number of likely N-dealkylation sites (tertiary alicyclic amines) is 1. The molecule has 6 nitrogen and oxygen atoms in total. The second-order valence-corrected chi connectivity index (χ2v) is 5.80. The van der Waals surface area contributed by atoms with Gasteiger partial charge in [0.1, 0.15) is 5.82 Å². The molecule has 0 aromatic carbocycles. The van der Waals surface area contributed by atoms with E-state index < -0.39 is 0 Å². The molecular formula is C14H22N4O2. The average molecular weight is 278 g/mol. The lowest BCUT2D eigenvalue weighted by Crippen LogP contribution is -2.38. The normalized spacial score (nSPS) is 20.6. The second-order valence-electron chi connectivity index (χ2n) is 5.80. The van der Waals surface area contributed by atoms with Crippen molar-refractivity contribution in [3.63, 3.8) is 0 Å². The van der Waals surface area contributed by atoms with E-state index in [0.717, 1.165) is 5.82 Å². The molecule has 1 fully saturated rings. The fourth-order valence-electron chi connectivity index (χ4n) is 2.52. The summed E-state index contributed by atoms with van der Waals surface area (Å²) >= 11 is 0. The maximum absolute atomic E-state index is 12.3. The minimum absolute atomic E-state index is 0.0308. The van der Waals surface area contributed by atoms with Gasteiger partial charge in [-0.3, -0.25) is 9.59 Å². The van der Waals surface area contributed by atoms with Gasteiger partial charge in [0.15, 0.2) is 0 Å². The van der Waals surface area contributed by atoms with E-state index in [2.05, 4.69) is 10.3 Å². The van der Waals surface area contributed by atoms with Crippen molar-refractivity contribution in [2.45, 2.75) is 26.3 Å². The summed E-state index contributed by atoms with van der Waals surface area (Å²) < 4.78 is 1.91. The molecule has 0 saturated carbocycles. The highest BCUT2D eigenvalue weighted by Crippen LogP contribution is 2.22. The number of hydrogen-bond acceptors (Lipinski definition) is 3. The predicted octanol–water partition coefficient (Wildman–Crippen LogP) is 0.712. The minimum Gasteiger partial charge on any atom is -0.346 e. The number of carbonyl (C=O) groups excluding carboxylic acids is 2. The molecule has 0 bridgehead atoms. The first-order valence-electron chi connectivity index (χ1n) is 6.91. The molecule has 2 amide bonds. The lowest BCUT2D eigenvalue weighted by Gasteiger charge is -2.23. The summed E-state index contributed by atoms with van der Waals surface area (Å²) in [4.78, 5) is 29.8. The summed E-state index contributed by atoms with van der Waals surface area (Å²) in [6, 6.07) is -0.136. The molecule has 1 aromatic rings. The standard InChI is InChI=1S/C14H22N4O2/c1-9(2)12(13-15-5-6-17(13)3)16-14(20)10-7-11(19)18(4)8-10/h5-6,9-10,12H,7-8H2,1-4H3,(H,16,20). The van der Waals surface area contributed by atoms with Crippen LogP contribution in [0.1, 0.15) is 32.1 Å². The second kappa shape index (κ2) is 5.64. The van der Waals surface area contributed by atoms with Crippen LogP contribution in [0, 0.1) is 11.8 Å². The summed E-state index contributed by atoms with van der Waals surface area (Å²) in [7, 11) is 3.64. The zero-order valence-electron chi connectivity index (χ0n) is 12.5. The predicted molar refractivity (Wildman–Crippen MR) is 74.7 cm³/mol. The highest BCUT2D eigenvalue weighted by molar-refractivity contribution is 5.89. The van der Waals surface area contributed by atoms with Gasteiger partial charge in [-0.05, 0) is 5.92 Å². The van der Waals surface area contributed by atoms with E-state index in [1.807, 2.05) is 31.7 Å². The topological polar surface area (TPSA) is 67.2 Å². The van der Waals surface area contributed by atoms with Crippen molar-refractivity contribution < 1.29 is 9.59 Å². The average Bonchev–Trinajstić information content (AvgIpc) is 2.93. The molecule has 0 radical (unpaired) electrons. The number of imidazole rings is 1. The van der Waals surface area contributed by atoms with E-state index in [4.69, 9.17) is 0 Å². The van der Waals surface area contributed by atoms with Crippen molar-refractivity contribution in [3.05, 3.63) is 18.2 Å². The first kappa shape index (κ1) is 14.6. The monoisotopic (exact) mass is 278 g/mol. The van der Waals surface area contributed by atoms with E-state index in [0.29, 0.717) is 13.0 Å². The van der Waals surface area contributed by atoms with Gasteiger partial charge in [0, 0.05) is 39.5 Å². The molecule has 0 aliphatic carbocycles. The molecule has 1 aliphatic rings. The third-order valence-electron chi connectivity index (χ3n) is 3.81. The summed E-state index contributed by atoms with van der Waals surface area (Å²) in [6.07, 6.45) is 3.89. The van der Waals surface area contributed by atoms with Gasteiger partial charge in [0.05, 0.1) is 12.0 Å². The lowest BCUT2D eigenvalue weighted by atomic mass is 10.0. The fourth-order valence-corrected chi connectivity index (χ4v) is 2.52. The van der Waals surface area contributed by atoms with Crippen LogP contribution in [0.4, 0.5) is 0 Å². The Morgan fingerprint density at radius 3 is 2.60 bits per heavy atom. The maximum Gasteiger partial charge on any atom is 0.226 e. The molecule has 20 heavy (non-hydrogen) atoms. The van der Waals surface area contributed by atoms with Crippen LogP contribution in [0.5, 0.6) is 0 Å². The summed E-state index contributed by atoms with van der Waals surface area (Å²) in [5, 5.41) is 3.04. The smallest absolute Gasteiger partial charge is 0.226 e. The van der Waals surface area contributed by atoms with Gasteiger partial charge in [-0.2, -0.15) is 0 Å². The molecular weight excluding hydrogens is 256 g/mol. The van der Waals surface area contributed by atoms with Crippen LogP contribution in [0.3, 0.4) is 0 Å². The van der Waals surface area contributed by atoms with Crippen LogP contribution in [0.25, 0.3) is 0 Å². The van der Waals surface area contributed by atoms with Gasteiger partial charge >= 0.3 is 0 Å². The van der Waals surface area contributed by atoms with Crippen molar-refractivity contribution in [1.82, 2.24) is 19.8 Å². The Morgan fingerprint density at radius 2 is 2.15 bits per heavy atom. The molecule has 0 spiro atoms. The van der Waals surface area contributed by atoms with Gasteiger partial charge in [-0.25, -0.2) is 4.98 Å². The number of rotatable bonds is 4. The van der Waals surface area contributed by atoms with Crippen LogP contribution < -0.4 is 5.32 Å².